The second-order valence-corrected chi connectivity index (χ2v) is 6.52. The summed E-state index contributed by atoms with van der Waals surface area (Å²) in [5, 5.41) is 21.1. The second kappa shape index (κ2) is 11.3. The normalized spacial score (nSPS) is 11.3. The van der Waals surface area contributed by atoms with Crippen molar-refractivity contribution in [1.82, 2.24) is 5.32 Å². The number of primary amides is 1. The average Bonchev–Trinajstić information content (AvgIpc) is 2.48. The molecule has 0 aliphatic carbocycles. The van der Waals surface area contributed by atoms with Crippen molar-refractivity contribution in [2.45, 2.75) is 32.5 Å². The highest BCUT2D eigenvalue weighted by Crippen LogP contribution is 2.22. The van der Waals surface area contributed by atoms with Gasteiger partial charge in [-0.15, -0.1) is 0 Å². The van der Waals surface area contributed by atoms with Gasteiger partial charge in [-0.25, -0.2) is 0 Å². The first-order chi connectivity index (χ1) is 11.1. The Hall–Kier alpha value is -1.28. The summed E-state index contributed by atoms with van der Waals surface area (Å²) in [5.74, 6) is -0.824. The molecule has 0 saturated heterocycles. The molecule has 5 N–H and O–H groups in total. The molecule has 9 heteroatoms. The summed E-state index contributed by atoms with van der Waals surface area (Å²) in [4.78, 5) is 21.6. The molecule has 1 aromatic rings. The van der Waals surface area contributed by atoms with Crippen LogP contribution in [0.15, 0.2) is 18.2 Å². The number of amides is 2. The molecule has 1 aromatic carbocycles. The lowest BCUT2D eigenvalue weighted by atomic mass is 9.67. The van der Waals surface area contributed by atoms with Crippen molar-refractivity contribution in [2.24, 2.45) is 11.7 Å². The minimum atomic E-state index is -1.44. The zero-order valence-corrected chi connectivity index (χ0v) is 15.4. The highest BCUT2D eigenvalue weighted by atomic mass is 35.5. The molecule has 0 saturated carbocycles. The van der Waals surface area contributed by atoms with Crippen LogP contribution in [0.5, 0.6) is 0 Å². The number of carbonyl (C=O) groups excluding carboxylic acids is 2. The van der Waals surface area contributed by atoms with Gasteiger partial charge in [-0.1, -0.05) is 37.0 Å². The van der Waals surface area contributed by atoms with Gasteiger partial charge in [0.1, 0.15) is 0 Å². The third-order valence-electron chi connectivity index (χ3n) is 3.06. The Morgan fingerprint density at radius 2 is 1.88 bits per heavy atom. The van der Waals surface area contributed by atoms with E-state index < -0.39 is 18.8 Å². The Morgan fingerprint density at radius 1 is 1.29 bits per heavy atom. The molecular formula is C15H23BCl2N2O4. The van der Waals surface area contributed by atoms with E-state index in [-0.39, 0.29) is 12.3 Å². The smallest absolute Gasteiger partial charge is 0.427 e. The zero-order chi connectivity index (χ0) is 18.9. The van der Waals surface area contributed by atoms with Gasteiger partial charge in [0.25, 0.3) is 5.91 Å². The van der Waals surface area contributed by atoms with E-state index in [0.29, 0.717) is 27.9 Å². The van der Waals surface area contributed by atoms with Crippen LogP contribution in [-0.4, -0.2) is 36.0 Å². The number of hydrogen-bond donors (Lipinski definition) is 4. The van der Waals surface area contributed by atoms with Crippen LogP contribution >= 0.6 is 23.2 Å². The molecule has 0 fully saturated rings. The summed E-state index contributed by atoms with van der Waals surface area (Å²) in [6.45, 7) is 3.91. The summed E-state index contributed by atoms with van der Waals surface area (Å²) in [6, 6.07) is 4.76. The molecule has 0 bridgehead atoms. The number of halogens is 2. The van der Waals surface area contributed by atoms with Crippen LogP contribution in [0.2, 0.25) is 15.9 Å². The fourth-order valence-corrected chi connectivity index (χ4v) is 2.36. The van der Waals surface area contributed by atoms with E-state index in [9.17, 15) is 9.59 Å². The van der Waals surface area contributed by atoms with Gasteiger partial charge in [0, 0.05) is 24.3 Å². The lowest BCUT2D eigenvalue weighted by Crippen LogP contribution is -2.26. The van der Waals surface area contributed by atoms with Crippen LogP contribution in [0.4, 0.5) is 0 Å². The van der Waals surface area contributed by atoms with Crippen LogP contribution in [0.3, 0.4) is 0 Å². The standard InChI is InChI=1S/C8H7Cl2NO.C7H16BNO3/c1-11-8(12)6-4-5(9)2-3-7(6)10;1-5(2)3-6(8(11)12)4-7(9)10/h2-4H,1H3,(H,11,12);5-6,11-12H,3-4H2,1-2H3,(H2,9,10)/t;6-/m.1/s1. The van der Waals surface area contributed by atoms with E-state index >= 15 is 0 Å². The number of nitrogens with two attached hydrogens (primary N) is 1. The highest BCUT2D eigenvalue weighted by Gasteiger charge is 2.25. The summed E-state index contributed by atoms with van der Waals surface area (Å²) < 4.78 is 0. The van der Waals surface area contributed by atoms with Gasteiger partial charge in [-0.05, 0) is 30.5 Å². The lowest BCUT2D eigenvalue weighted by molar-refractivity contribution is -0.118. The largest absolute Gasteiger partial charge is 0.455 e. The zero-order valence-electron chi connectivity index (χ0n) is 13.9. The van der Waals surface area contributed by atoms with E-state index in [0.717, 1.165) is 0 Å². The molecule has 0 aromatic heterocycles. The summed E-state index contributed by atoms with van der Waals surface area (Å²) in [5.41, 5.74) is 5.34. The van der Waals surface area contributed by atoms with E-state index in [1.165, 1.54) is 6.07 Å². The fraction of sp³-hybridized carbons (Fsp3) is 0.467. The Morgan fingerprint density at radius 3 is 2.29 bits per heavy atom. The van der Waals surface area contributed by atoms with Crippen molar-refractivity contribution in [3.8, 4) is 0 Å². The Labute approximate surface area is 152 Å². The summed E-state index contributed by atoms with van der Waals surface area (Å²) in [7, 11) is 0.0967. The Balaban J connectivity index is 0.000000441. The predicted molar refractivity (Wildman–Crippen MR) is 97.1 cm³/mol. The molecule has 1 atom stereocenters. The quantitative estimate of drug-likeness (QED) is 0.569. The number of benzene rings is 1. The van der Waals surface area contributed by atoms with Crippen molar-refractivity contribution in [1.29, 1.82) is 0 Å². The van der Waals surface area contributed by atoms with E-state index in [2.05, 4.69) is 5.32 Å². The molecule has 1 rings (SSSR count). The molecule has 0 aliphatic rings. The summed E-state index contributed by atoms with van der Waals surface area (Å²) >= 11 is 11.4. The van der Waals surface area contributed by atoms with Crippen LogP contribution in [0.1, 0.15) is 37.0 Å². The number of carbonyl (C=O) groups is 2. The van der Waals surface area contributed by atoms with Gasteiger partial charge >= 0.3 is 7.12 Å². The SMILES string of the molecule is CC(C)C[C@H](CC(N)=O)B(O)O.CNC(=O)c1cc(Cl)ccc1Cl. The van der Waals surface area contributed by atoms with Crippen LogP contribution in [-0.2, 0) is 4.79 Å². The molecule has 0 unspecified atom stereocenters. The topological polar surface area (TPSA) is 113 Å². The first kappa shape index (κ1) is 22.7. The number of rotatable bonds is 6. The molecular weight excluding hydrogens is 354 g/mol. The molecule has 24 heavy (non-hydrogen) atoms. The third-order valence-corrected chi connectivity index (χ3v) is 3.62. The second-order valence-electron chi connectivity index (χ2n) is 5.68. The summed E-state index contributed by atoms with van der Waals surface area (Å²) in [6.07, 6.45) is 0.635. The van der Waals surface area contributed by atoms with Gasteiger partial charge in [0.15, 0.2) is 0 Å². The minimum absolute atomic E-state index is 0.0375. The van der Waals surface area contributed by atoms with Crippen molar-refractivity contribution in [3.63, 3.8) is 0 Å². The van der Waals surface area contributed by atoms with E-state index in [1.54, 1.807) is 19.2 Å². The van der Waals surface area contributed by atoms with Gasteiger partial charge in [-0.3, -0.25) is 9.59 Å². The molecule has 134 valence electrons. The first-order valence-corrected chi connectivity index (χ1v) is 8.15. The van der Waals surface area contributed by atoms with Gasteiger partial charge in [-0.2, -0.15) is 0 Å². The molecule has 0 aliphatic heterocycles. The minimum Gasteiger partial charge on any atom is -0.427 e. The van der Waals surface area contributed by atoms with E-state index in [4.69, 9.17) is 39.0 Å². The fourth-order valence-electron chi connectivity index (χ4n) is 1.98. The first-order valence-electron chi connectivity index (χ1n) is 7.40. The average molecular weight is 377 g/mol. The maximum atomic E-state index is 11.1. The number of hydrogen-bond acceptors (Lipinski definition) is 4. The third kappa shape index (κ3) is 9.13. The van der Waals surface area contributed by atoms with Gasteiger partial charge < -0.3 is 21.1 Å². The lowest BCUT2D eigenvalue weighted by Gasteiger charge is -2.15. The molecule has 0 radical (unpaired) electrons. The highest BCUT2D eigenvalue weighted by molar-refractivity contribution is 6.43. The molecule has 6 nitrogen and oxygen atoms in total. The van der Waals surface area contributed by atoms with Crippen molar-refractivity contribution in [3.05, 3.63) is 33.8 Å². The van der Waals surface area contributed by atoms with Gasteiger partial charge in [0.05, 0.1) is 10.6 Å². The number of nitrogens with one attached hydrogen (secondary N) is 1. The molecule has 2 amide bonds. The van der Waals surface area contributed by atoms with Crippen molar-refractivity contribution in [2.75, 3.05) is 7.05 Å². The van der Waals surface area contributed by atoms with Crippen molar-refractivity contribution >= 4 is 42.1 Å². The monoisotopic (exact) mass is 376 g/mol. The van der Waals surface area contributed by atoms with Crippen LogP contribution in [0.25, 0.3) is 0 Å². The predicted octanol–water partition coefficient (Wildman–Crippen LogP) is 2.10. The molecule has 0 spiro atoms. The maximum absolute atomic E-state index is 11.1. The van der Waals surface area contributed by atoms with E-state index in [1.807, 2.05) is 13.8 Å². The van der Waals surface area contributed by atoms with Crippen LogP contribution in [0, 0.1) is 5.92 Å². The Kier molecular flexibility index (Phi) is 10.7. The van der Waals surface area contributed by atoms with Crippen LogP contribution < -0.4 is 11.1 Å². The van der Waals surface area contributed by atoms with Gasteiger partial charge in [0.2, 0.25) is 5.91 Å². The Bertz CT molecular complexity index is 556. The maximum Gasteiger partial charge on any atom is 0.455 e. The van der Waals surface area contributed by atoms with Crippen molar-refractivity contribution < 1.29 is 19.6 Å². The molecule has 0 heterocycles.